The number of hydrogen-bond donors (Lipinski definition) is 2. The summed E-state index contributed by atoms with van der Waals surface area (Å²) in [7, 11) is 0. The lowest BCUT2D eigenvalue weighted by molar-refractivity contribution is 0.261. The quantitative estimate of drug-likeness (QED) is 0.679. The van der Waals surface area contributed by atoms with E-state index >= 15 is 0 Å². The van der Waals surface area contributed by atoms with E-state index < -0.39 is 5.43 Å². The molecule has 0 saturated carbocycles. The third kappa shape index (κ3) is 4.31. The van der Waals surface area contributed by atoms with Crippen molar-refractivity contribution in [3.8, 4) is 5.75 Å². The van der Waals surface area contributed by atoms with Gasteiger partial charge in [0.25, 0.3) is 0 Å². The summed E-state index contributed by atoms with van der Waals surface area (Å²) in [6.45, 7) is 11.5. The van der Waals surface area contributed by atoms with Gasteiger partial charge in [-0.1, -0.05) is 19.1 Å². The molecule has 0 radical (unpaired) electrons. The Balaban J connectivity index is 3.29. The molecule has 0 aliphatic carbocycles. The van der Waals surface area contributed by atoms with Crippen molar-refractivity contribution in [2.45, 2.75) is 33.0 Å². The van der Waals surface area contributed by atoms with Crippen LogP contribution in [0.2, 0.25) is 0 Å². The number of aliphatic hydroxyl groups is 1. The molecule has 2 N–H and O–H groups in total. The second-order valence-corrected chi connectivity index (χ2v) is 4.88. The molecule has 0 aliphatic rings. The first-order valence-corrected chi connectivity index (χ1v) is 7.08. The highest BCUT2D eigenvalue weighted by molar-refractivity contribution is 5.30. The van der Waals surface area contributed by atoms with E-state index in [9.17, 15) is 15.0 Å². The monoisotopic (exact) mass is 292 g/mol. The summed E-state index contributed by atoms with van der Waals surface area (Å²) in [5.41, 5.74) is 0.586. The molecule has 0 fully saturated rings. The summed E-state index contributed by atoms with van der Waals surface area (Å²) in [6, 6.07) is 1.29. The summed E-state index contributed by atoms with van der Waals surface area (Å²) in [4.78, 5) is 13.8. The highest BCUT2D eigenvalue weighted by atomic mass is 16.3. The van der Waals surface area contributed by atoms with E-state index in [-0.39, 0.29) is 12.4 Å². The molecule has 0 saturated heterocycles. The third-order valence-electron chi connectivity index (χ3n) is 3.23. The molecule has 1 heterocycles. The van der Waals surface area contributed by atoms with Gasteiger partial charge in [-0.15, -0.1) is 13.2 Å². The van der Waals surface area contributed by atoms with Crippen molar-refractivity contribution in [1.82, 2.24) is 9.47 Å². The van der Waals surface area contributed by atoms with Crippen LogP contribution in [-0.4, -0.2) is 32.8 Å². The molecule has 0 amide bonds. The minimum Gasteiger partial charge on any atom is -0.503 e. The molecule has 5 nitrogen and oxygen atoms in total. The molecule has 116 valence electrons. The normalized spacial score (nSPS) is 10.8. The standard InChI is InChI=1S/C16H24N2O3/c1-4-7-17(8-5-2)11-14-16(21)15(20)10-13(12-19)18(14)9-6-3/h4-5,10,19,21H,1-2,6-9,11-12H2,3H3. The summed E-state index contributed by atoms with van der Waals surface area (Å²) >= 11 is 0. The van der Waals surface area contributed by atoms with Crippen LogP contribution in [0.5, 0.6) is 5.75 Å². The van der Waals surface area contributed by atoms with Gasteiger partial charge in [-0.05, 0) is 6.42 Å². The van der Waals surface area contributed by atoms with Gasteiger partial charge in [0.05, 0.1) is 12.3 Å². The third-order valence-corrected chi connectivity index (χ3v) is 3.23. The Morgan fingerprint density at radius 2 is 1.95 bits per heavy atom. The van der Waals surface area contributed by atoms with E-state index in [1.807, 2.05) is 16.4 Å². The predicted octanol–water partition coefficient (Wildman–Crippen LogP) is 1.63. The van der Waals surface area contributed by atoms with Crippen LogP contribution in [0.15, 0.2) is 36.2 Å². The molecule has 21 heavy (non-hydrogen) atoms. The van der Waals surface area contributed by atoms with Crippen LogP contribution >= 0.6 is 0 Å². The zero-order valence-corrected chi connectivity index (χ0v) is 12.6. The molecule has 1 rings (SSSR count). The largest absolute Gasteiger partial charge is 0.503 e. The van der Waals surface area contributed by atoms with Gasteiger partial charge >= 0.3 is 0 Å². The zero-order chi connectivity index (χ0) is 15.8. The lowest BCUT2D eigenvalue weighted by atomic mass is 10.2. The Morgan fingerprint density at radius 3 is 2.43 bits per heavy atom. The van der Waals surface area contributed by atoms with Crippen LogP contribution < -0.4 is 5.43 Å². The molecular formula is C16H24N2O3. The molecule has 5 heteroatoms. The van der Waals surface area contributed by atoms with E-state index in [2.05, 4.69) is 13.2 Å². The maximum atomic E-state index is 11.8. The first-order chi connectivity index (χ1) is 10.1. The summed E-state index contributed by atoms with van der Waals surface area (Å²) in [5.74, 6) is -0.251. The first kappa shape index (κ1) is 17.2. The summed E-state index contributed by atoms with van der Waals surface area (Å²) < 4.78 is 1.82. The Kier molecular flexibility index (Phi) is 6.91. The van der Waals surface area contributed by atoms with Crippen molar-refractivity contribution in [3.05, 3.63) is 53.0 Å². The number of aliphatic hydroxyl groups excluding tert-OH is 1. The van der Waals surface area contributed by atoms with E-state index in [1.54, 1.807) is 12.2 Å². The topological polar surface area (TPSA) is 65.7 Å². The van der Waals surface area contributed by atoms with E-state index in [0.29, 0.717) is 37.6 Å². The minimum atomic E-state index is -0.460. The molecule has 0 atom stereocenters. The number of hydrogen-bond acceptors (Lipinski definition) is 4. The van der Waals surface area contributed by atoms with Crippen LogP contribution in [0.25, 0.3) is 0 Å². The average molecular weight is 292 g/mol. The lowest BCUT2D eigenvalue weighted by Crippen LogP contribution is -2.28. The Bertz CT molecular complexity index is 539. The van der Waals surface area contributed by atoms with Gasteiger partial charge in [-0.3, -0.25) is 9.69 Å². The Labute approximate surface area is 125 Å². The molecule has 0 bridgehead atoms. The maximum absolute atomic E-state index is 11.8. The van der Waals surface area contributed by atoms with Crippen molar-refractivity contribution in [1.29, 1.82) is 0 Å². The van der Waals surface area contributed by atoms with E-state index in [1.165, 1.54) is 6.07 Å². The van der Waals surface area contributed by atoms with Crippen LogP contribution in [0.4, 0.5) is 0 Å². The Morgan fingerprint density at radius 1 is 1.33 bits per heavy atom. The van der Waals surface area contributed by atoms with E-state index in [4.69, 9.17) is 0 Å². The fourth-order valence-electron chi connectivity index (χ4n) is 2.31. The van der Waals surface area contributed by atoms with Gasteiger partial charge in [-0.25, -0.2) is 0 Å². The first-order valence-electron chi connectivity index (χ1n) is 7.08. The fraction of sp³-hybridized carbons (Fsp3) is 0.438. The summed E-state index contributed by atoms with van der Waals surface area (Å²) in [6.07, 6.45) is 4.36. The van der Waals surface area contributed by atoms with Crippen molar-refractivity contribution < 1.29 is 10.2 Å². The van der Waals surface area contributed by atoms with Crippen LogP contribution in [0, 0.1) is 0 Å². The Hall–Kier alpha value is -1.85. The fourth-order valence-corrected chi connectivity index (χ4v) is 2.31. The second-order valence-electron chi connectivity index (χ2n) is 4.88. The molecule has 0 aliphatic heterocycles. The molecule has 0 aromatic carbocycles. The highest BCUT2D eigenvalue weighted by Gasteiger charge is 2.16. The number of pyridine rings is 1. The summed E-state index contributed by atoms with van der Waals surface area (Å²) in [5, 5.41) is 19.6. The number of rotatable bonds is 9. The zero-order valence-electron chi connectivity index (χ0n) is 12.6. The number of aromatic nitrogens is 1. The van der Waals surface area contributed by atoms with Crippen molar-refractivity contribution in [2.75, 3.05) is 13.1 Å². The van der Waals surface area contributed by atoms with Crippen LogP contribution in [0.3, 0.4) is 0 Å². The minimum absolute atomic E-state index is 0.231. The van der Waals surface area contributed by atoms with Crippen molar-refractivity contribution in [2.24, 2.45) is 0 Å². The van der Waals surface area contributed by atoms with Crippen molar-refractivity contribution >= 4 is 0 Å². The maximum Gasteiger partial charge on any atom is 0.223 e. The van der Waals surface area contributed by atoms with Gasteiger partial charge in [-0.2, -0.15) is 0 Å². The molecule has 1 aromatic heterocycles. The molecule has 1 aromatic rings. The SMILES string of the molecule is C=CCN(CC=C)Cc1c(O)c(=O)cc(CO)n1CCC. The highest BCUT2D eigenvalue weighted by Crippen LogP contribution is 2.18. The van der Waals surface area contributed by atoms with Gasteiger partial charge in [0.2, 0.25) is 5.43 Å². The molecular weight excluding hydrogens is 268 g/mol. The molecule has 0 unspecified atom stereocenters. The van der Waals surface area contributed by atoms with Crippen molar-refractivity contribution in [3.63, 3.8) is 0 Å². The van der Waals surface area contributed by atoms with Gasteiger partial charge in [0.15, 0.2) is 5.75 Å². The molecule has 0 spiro atoms. The van der Waals surface area contributed by atoms with Crippen LogP contribution in [0.1, 0.15) is 24.7 Å². The van der Waals surface area contributed by atoms with Gasteiger partial charge < -0.3 is 14.8 Å². The van der Waals surface area contributed by atoms with E-state index in [0.717, 1.165) is 6.42 Å². The smallest absolute Gasteiger partial charge is 0.223 e. The lowest BCUT2D eigenvalue weighted by Gasteiger charge is -2.24. The predicted molar refractivity (Wildman–Crippen MR) is 84.3 cm³/mol. The van der Waals surface area contributed by atoms with Crippen LogP contribution in [-0.2, 0) is 19.7 Å². The number of aromatic hydroxyl groups is 1. The average Bonchev–Trinajstić information content (AvgIpc) is 2.47. The van der Waals surface area contributed by atoms with Gasteiger partial charge in [0.1, 0.15) is 0 Å². The number of nitrogens with zero attached hydrogens (tertiary/aromatic N) is 2. The second kappa shape index (κ2) is 8.44. The van der Waals surface area contributed by atoms with Gasteiger partial charge in [0, 0.05) is 37.9 Å².